The zero-order chi connectivity index (χ0) is 21.4. The molecule has 1 fully saturated rings. The van der Waals surface area contributed by atoms with E-state index in [2.05, 4.69) is 65.7 Å². The second-order valence-corrected chi connectivity index (χ2v) is 9.85. The molecule has 2 aromatic heterocycles. The monoisotopic (exact) mass is 428 g/mol. The van der Waals surface area contributed by atoms with Crippen LogP contribution in [0, 0.1) is 0 Å². The lowest BCUT2D eigenvalue weighted by Crippen LogP contribution is -2.48. The van der Waals surface area contributed by atoms with Crippen molar-refractivity contribution in [1.82, 2.24) is 25.5 Å². The summed E-state index contributed by atoms with van der Waals surface area (Å²) < 4.78 is 0. The van der Waals surface area contributed by atoms with Crippen molar-refractivity contribution >= 4 is 17.3 Å². The van der Waals surface area contributed by atoms with E-state index in [0.29, 0.717) is 6.04 Å². The Bertz CT molecular complexity index is 788. The van der Waals surface area contributed by atoms with Gasteiger partial charge in [0, 0.05) is 62.2 Å². The molecule has 2 aromatic rings. The van der Waals surface area contributed by atoms with Gasteiger partial charge in [0.2, 0.25) is 0 Å². The molecule has 7 heteroatoms. The molecule has 1 aliphatic heterocycles. The van der Waals surface area contributed by atoms with Crippen molar-refractivity contribution in [1.29, 1.82) is 0 Å². The molecule has 1 saturated heterocycles. The van der Waals surface area contributed by atoms with Crippen molar-refractivity contribution in [3.8, 4) is 0 Å². The molecule has 3 rings (SSSR count). The summed E-state index contributed by atoms with van der Waals surface area (Å²) >= 11 is 1.75. The molecule has 0 spiro atoms. The molecular weight excluding hydrogens is 392 g/mol. The van der Waals surface area contributed by atoms with E-state index in [1.165, 1.54) is 10.7 Å². The molecule has 3 heterocycles. The fourth-order valence-electron chi connectivity index (χ4n) is 3.50. The summed E-state index contributed by atoms with van der Waals surface area (Å²) in [4.78, 5) is 16.5. The Kier molecular flexibility index (Phi) is 8.22. The third kappa shape index (κ3) is 7.06. The Labute approximate surface area is 185 Å². The number of aromatic nitrogens is 2. The van der Waals surface area contributed by atoms with Crippen LogP contribution in [0.3, 0.4) is 0 Å². The molecular formula is C23H36N6S. The van der Waals surface area contributed by atoms with E-state index in [1.54, 1.807) is 11.3 Å². The predicted molar refractivity (Wildman–Crippen MR) is 126 cm³/mol. The van der Waals surface area contributed by atoms with E-state index in [4.69, 9.17) is 9.98 Å². The van der Waals surface area contributed by atoms with Gasteiger partial charge in [0.1, 0.15) is 0 Å². The van der Waals surface area contributed by atoms with Gasteiger partial charge < -0.3 is 10.6 Å². The van der Waals surface area contributed by atoms with E-state index >= 15 is 0 Å². The summed E-state index contributed by atoms with van der Waals surface area (Å²) in [5.74, 6) is 0.924. The van der Waals surface area contributed by atoms with Gasteiger partial charge in [0.25, 0.3) is 0 Å². The highest BCUT2D eigenvalue weighted by Crippen LogP contribution is 2.24. The zero-order valence-electron chi connectivity index (χ0n) is 18.8. The highest BCUT2D eigenvalue weighted by atomic mass is 32.1. The Balaban J connectivity index is 1.45. The minimum Gasteiger partial charge on any atom is -0.357 e. The number of aliphatic imine (C=N–C) groups is 1. The zero-order valence-corrected chi connectivity index (χ0v) is 19.6. The van der Waals surface area contributed by atoms with Crippen molar-refractivity contribution in [2.24, 2.45) is 4.99 Å². The molecule has 0 bridgehead atoms. The first-order valence-corrected chi connectivity index (χ1v) is 11.9. The quantitative estimate of drug-likeness (QED) is 0.521. The van der Waals surface area contributed by atoms with Crippen LogP contribution in [0.1, 0.15) is 56.9 Å². The van der Waals surface area contributed by atoms with Gasteiger partial charge in [-0.2, -0.15) is 0 Å². The Morgan fingerprint density at radius 2 is 2.07 bits per heavy atom. The van der Waals surface area contributed by atoms with Crippen molar-refractivity contribution in [2.45, 2.75) is 65.0 Å². The molecule has 0 amide bonds. The first kappa shape index (κ1) is 22.7. The molecule has 0 unspecified atom stereocenters. The fourth-order valence-corrected chi connectivity index (χ4v) is 4.52. The maximum atomic E-state index is 4.80. The second-order valence-electron chi connectivity index (χ2n) is 8.90. The Morgan fingerprint density at radius 1 is 1.27 bits per heavy atom. The van der Waals surface area contributed by atoms with Gasteiger partial charge in [-0.15, -0.1) is 11.3 Å². The number of nitrogens with one attached hydrogen (secondary N) is 2. The van der Waals surface area contributed by atoms with Crippen LogP contribution in [0.15, 0.2) is 34.8 Å². The Morgan fingerprint density at radius 3 is 2.70 bits per heavy atom. The highest BCUT2D eigenvalue weighted by Gasteiger charge is 2.20. The molecule has 2 N–H and O–H groups in total. The molecule has 30 heavy (non-hydrogen) atoms. The smallest absolute Gasteiger partial charge is 0.191 e. The SMILES string of the molecule is CCNC(=NCCc1nc(C(C)(C)C)cs1)NC1CCN(Cc2ccccn2)CC1. The van der Waals surface area contributed by atoms with E-state index in [0.717, 1.165) is 63.6 Å². The molecule has 0 aromatic carbocycles. The molecule has 0 atom stereocenters. The fraction of sp³-hybridized carbons (Fsp3) is 0.609. The van der Waals surface area contributed by atoms with Crippen LogP contribution < -0.4 is 10.6 Å². The van der Waals surface area contributed by atoms with E-state index in [1.807, 2.05) is 12.3 Å². The number of rotatable bonds is 7. The lowest BCUT2D eigenvalue weighted by atomic mass is 9.93. The maximum absolute atomic E-state index is 4.80. The van der Waals surface area contributed by atoms with Gasteiger partial charge in [-0.05, 0) is 31.9 Å². The predicted octanol–water partition coefficient (Wildman–Crippen LogP) is 3.60. The summed E-state index contributed by atoms with van der Waals surface area (Å²) in [6.45, 7) is 13.5. The van der Waals surface area contributed by atoms with Crippen LogP contribution >= 0.6 is 11.3 Å². The number of nitrogens with zero attached hydrogens (tertiary/aromatic N) is 4. The molecule has 0 saturated carbocycles. The second kappa shape index (κ2) is 10.9. The lowest BCUT2D eigenvalue weighted by molar-refractivity contribution is 0.196. The molecule has 164 valence electrons. The largest absolute Gasteiger partial charge is 0.357 e. The number of thiazole rings is 1. The Hall–Kier alpha value is -1.99. The normalized spacial score (nSPS) is 16.6. The van der Waals surface area contributed by atoms with Crippen LogP contribution in [-0.2, 0) is 18.4 Å². The summed E-state index contributed by atoms with van der Waals surface area (Å²) in [5.41, 5.74) is 2.43. The van der Waals surface area contributed by atoms with Crippen molar-refractivity contribution < 1.29 is 0 Å². The topological polar surface area (TPSA) is 65.4 Å². The number of hydrogen-bond acceptors (Lipinski definition) is 5. The van der Waals surface area contributed by atoms with E-state index < -0.39 is 0 Å². The number of piperidine rings is 1. The van der Waals surface area contributed by atoms with E-state index in [-0.39, 0.29) is 5.41 Å². The molecule has 0 radical (unpaired) electrons. The minimum absolute atomic E-state index is 0.111. The summed E-state index contributed by atoms with van der Waals surface area (Å²) in [5, 5.41) is 10.4. The van der Waals surface area contributed by atoms with Gasteiger partial charge in [-0.3, -0.25) is 14.9 Å². The van der Waals surface area contributed by atoms with Crippen LogP contribution in [0.4, 0.5) is 0 Å². The van der Waals surface area contributed by atoms with Gasteiger partial charge in [0.15, 0.2) is 5.96 Å². The number of guanidine groups is 1. The first-order valence-electron chi connectivity index (χ1n) is 11.1. The van der Waals surface area contributed by atoms with Gasteiger partial charge in [-0.25, -0.2) is 4.98 Å². The third-order valence-corrected chi connectivity index (χ3v) is 6.21. The van der Waals surface area contributed by atoms with Crippen LogP contribution in [0.25, 0.3) is 0 Å². The summed E-state index contributed by atoms with van der Waals surface area (Å²) in [7, 11) is 0. The maximum Gasteiger partial charge on any atom is 0.191 e. The van der Waals surface area contributed by atoms with Crippen molar-refractivity contribution in [3.63, 3.8) is 0 Å². The summed E-state index contributed by atoms with van der Waals surface area (Å²) in [6, 6.07) is 6.60. The van der Waals surface area contributed by atoms with Gasteiger partial charge in [-0.1, -0.05) is 26.8 Å². The average Bonchev–Trinajstić information content (AvgIpc) is 3.20. The standard InChI is InChI=1S/C23H36N6S/c1-5-24-22(26-13-9-21-28-20(17-30-21)23(2,3)4)27-18-10-14-29(15-11-18)16-19-8-6-7-12-25-19/h6-8,12,17-18H,5,9-11,13-16H2,1-4H3,(H2,24,26,27). The highest BCUT2D eigenvalue weighted by molar-refractivity contribution is 7.09. The number of pyridine rings is 1. The molecule has 0 aliphatic carbocycles. The minimum atomic E-state index is 0.111. The third-order valence-electron chi connectivity index (χ3n) is 5.30. The lowest BCUT2D eigenvalue weighted by Gasteiger charge is -2.32. The first-order chi connectivity index (χ1) is 14.4. The number of likely N-dealkylation sites (tertiary alicyclic amines) is 1. The molecule has 1 aliphatic rings. The molecule has 6 nitrogen and oxygen atoms in total. The van der Waals surface area contributed by atoms with Crippen LogP contribution in [0.5, 0.6) is 0 Å². The van der Waals surface area contributed by atoms with Gasteiger partial charge in [0.05, 0.1) is 16.4 Å². The van der Waals surface area contributed by atoms with Crippen LogP contribution in [0.2, 0.25) is 0 Å². The van der Waals surface area contributed by atoms with Crippen LogP contribution in [-0.4, -0.2) is 53.0 Å². The van der Waals surface area contributed by atoms with E-state index in [9.17, 15) is 0 Å². The number of hydrogen-bond donors (Lipinski definition) is 2. The van der Waals surface area contributed by atoms with Gasteiger partial charge >= 0.3 is 0 Å². The van der Waals surface area contributed by atoms with Crippen molar-refractivity contribution in [3.05, 3.63) is 46.2 Å². The summed E-state index contributed by atoms with van der Waals surface area (Å²) in [6.07, 6.45) is 5.01. The average molecular weight is 429 g/mol. The van der Waals surface area contributed by atoms with Crippen molar-refractivity contribution in [2.75, 3.05) is 26.2 Å².